The monoisotopic (exact) mass is 417 g/mol. The van der Waals surface area contributed by atoms with Crippen LogP contribution in [0.4, 0.5) is 0 Å². The molecule has 28 heavy (non-hydrogen) atoms. The van der Waals surface area contributed by atoms with Gasteiger partial charge < -0.3 is 15.2 Å². The van der Waals surface area contributed by atoms with E-state index >= 15 is 0 Å². The molecule has 0 atom stereocenters. The number of aliphatic hydroxyl groups excluding tert-OH is 1. The average molecular weight is 418 g/mol. The van der Waals surface area contributed by atoms with Crippen LogP contribution in [0.15, 0.2) is 48.2 Å². The van der Waals surface area contributed by atoms with Crippen molar-refractivity contribution >= 4 is 34.7 Å². The maximum absolute atomic E-state index is 12.9. The molecule has 0 radical (unpaired) electrons. The van der Waals surface area contributed by atoms with Crippen molar-refractivity contribution < 1.29 is 14.6 Å². The molecule has 1 spiro atoms. The number of methoxy groups -OCH3 is 1. The zero-order chi connectivity index (χ0) is 19.9. The largest absolute Gasteiger partial charge is 0.509 e. The molecule has 1 fully saturated rings. The van der Waals surface area contributed by atoms with Gasteiger partial charge in [-0.15, -0.1) is 0 Å². The van der Waals surface area contributed by atoms with Crippen LogP contribution in [0.1, 0.15) is 31.2 Å². The van der Waals surface area contributed by atoms with Crippen LogP contribution in [0, 0.1) is 0 Å². The van der Waals surface area contributed by atoms with E-state index in [9.17, 15) is 9.90 Å². The summed E-state index contributed by atoms with van der Waals surface area (Å²) < 4.78 is 5.42. The van der Waals surface area contributed by atoms with Crippen LogP contribution in [-0.4, -0.2) is 29.8 Å². The molecule has 0 bridgehead atoms. The van der Waals surface area contributed by atoms with Crippen molar-refractivity contribution in [1.29, 1.82) is 0 Å². The van der Waals surface area contributed by atoms with Crippen molar-refractivity contribution in [2.24, 2.45) is 0 Å². The predicted molar refractivity (Wildman–Crippen MR) is 112 cm³/mol. The zero-order valence-corrected chi connectivity index (χ0v) is 17.0. The number of aliphatic hydroxyl groups is 1. The summed E-state index contributed by atoms with van der Waals surface area (Å²) in [6, 6.07) is 13.2. The molecule has 1 heterocycles. The summed E-state index contributed by atoms with van der Waals surface area (Å²) >= 11 is 13.1. The highest BCUT2D eigenvalue weighted by molar-refractivity contribution is 6.42. The van der Waals surface area contributed by atoms with Gasteiger partial charge >= 0.3 is 0 Å². The Morgan fingerprint density at radius 3 is 2.43 bits per heavy atom. The fourth-order valence-electron chi connectivity index (χ4n) is 4.22. The maximum atomic E-state index is 12.9. The lowest BCUT2D eigenvalue weighted by atomic mass is 9.79. The predicted octanol–water partition coefficient (Wildman–Crippen LogP) is 5.39. The lowest BCUT2D eigenvalue weighted by molar-refractivity contribution is -0.116. The van der Waals surface area contributed by atoms with Gasteiger partial charge in [0.1, 0.15) is 5.76 Å². The molecular formula is C22H21Cl2NO3. The molecule has 4 rings (SSSR count). The van der Waals surface area contributed by atoms with Crippen molar-refractivity contribution in [3.63, 3.8) is 0 Å². The molecule has 1 amide bonds. The van der Waals surface area contributed by atoms with E-state index in [0.29, 0.717) is 28.5 Å². The van der Waals surface area contributed by atoms with Crippen LogP contribution in [0.5, 0.6) is 0 Å². The van der Waals surface area contributed by atoms with Gasteiger partial charge in [-0.3, -0.25) is 4.79 Å². The van der Waals surface area contributed by atoms with Crippen molar-refractivity contribution in [2.75, 3.05) is 7.11 Å². The fraction of sp³-hybridized carbons (Fsp3) is 0.318. The zero-order valence-electron chi connectivity index (χ0n) is 15.5. The highest BCUT2D eigenvalue weighted by Crippen LogP contribution is 2.46. The lowest BCUT2D eigenvalue weighted by Crippen LogP contribution is -2.48. The van der Waals surface area contributed by atoms with E-state index < -0.39 is 5.54 Å². The summed E-state index contributed by atoms with van der Waals surface area (Å²) in [4.78, 5) is 12.9. The van der Waals surface area contributed by atoms with E-state index in [1.54, 1.807) is 13.2 Å². The highest BCUT2D eigenvalue weighted by Gasteiger charge is 2.48. The van der Waals surface area contributed by atoms with Crippen LogP contribution >= 0.6 is 23.2 Å². The van der Waals surface area contributed by atoms with Crippen LogP contribution < -0.4 is 5.32 Å². The average Bonchev–Trinajstić information content (AvgIpc) is 2.94. The minimum Gasteiger partial charge on any atom is -0.509 e. The SMILES string of the molecule is COC1CCC2(CC1)NC(=O)C(c1c(Cl)ccc(-c3ccccc3)c1Cl)=C2O. The van der Waals surface area contributed by atoms with E-state index in [-0.39, 0.29) is 23.3 Å². The summed E-state index contributed by atoms with van der Waals surface area (Å²) in [7, 11) is 1.69. The topological polar surface area (TPSA) is 58.6 Å². The Labute approximate surface area is 174 Å². The first-order chi connectivity index (χ1) is 13.5. The van der Waals surface area contributed by atoms with E-state index in [1.807, 2.05) is 36.4 Å². The summed E-state index contributed by atoms with van der Waals surface area (Å²) in [6.45, 7) is 0. The molecule has 2 N–H and O–H groups in total. The smallest absolute Gasteiger partial charge is 0.256 e. The Hall–Kier alpha value is -2.01. The second-order valence-electron chi connectivity index (χ2n) is 7.34. The standard InChI is InChI=1S/C22H21Cl2NO3/c1-28-14-9-11-22(12-10-14)20(26)18(21(27)25-22)17-16(23)8-7-15(19(17)24)13-5-3-2-4-6-13/h2-8,14,26H,9-12H2,1H3,(H,25,27). The molecule has 2 aromatic carbocycles. The number of carbonyl (C=O) groups is 1. The fourth-order valence-corrected chi connectivity index (χ4v) is 4.89. The molecule has 4 nitrogen and oxygen atoms in total. The Balaban J connectivity index is 1.81. The molecule has 0 aromatic heterocycles. The number of nitrogens with one attached hydrogen (secondary N) is 1. The molecule has 1 aliphatic heterocycles. The number of carbonyl (C=O) groups excluding carboxylic acids is 1. The molecule has 6 heteroatoms. The minimum absolute atomic E-state index is 0.0288. The van der Waals surface area contributed by atoms with Gasteiger partial charge in [0, 0.05) is 18.2 Å². The van der Waals surface area contributed by atoms with E-state index in [1.165, 1.54) is 0 Å². The quantitative estimate of drug-likeness (QED) is 0.703. The maximum Gasteiger partial charge on any atom is 0.256 e. The summed E-state index contributed by atoms with van der Waals surface area (Å²) in [5, 5.41) is 14.8. The van der Waals surface area contributed by atoms with Gasteiger partial charge in [-0.1, -0.05) is 59.6 Å². The highest BCUT2D eigenvalue weighted by atomic mass is 35.5. The molecule has 2 aliphatic rings. The van der Waals surface area contributed by atoms with Gasteiger partial charge in [0.25, 0.3) is 5.91 Å². The molecule has 146 valence electrons. The molecule has 0 saturated heterocycles. The third-order valence-electron chi connectivity index (χ3n) is 5.82. The second-order valence-corrected chi connectivity index (χ2v) is 8.13. The third kappa shape index (κ3) is 3.10. The van der Waals surface area contributed by atoms with Gasteiger partial charge in [0.15, 0.2) is 0 Å². The normalized spacial score (nSPS) is 24.7. The van der Waals surface area contributed by atoms with Crippen LogP contribution in [-0.2, 0) is 9.53 Å². The Bertz CT molecular complexity index is 948. The summed E-state index contributed by atoms with van der Waals surface area (Å²) in [5.41, 5.74) is 1.46. The minimum atomic E-state index is -0.767. The number of benzene rings is 2. The molecule has 2 aromatic rings. The van der Waals surface area contributed by atoms with Crippen molar-refractivity contribution in [3.05, 3.63) is 63.8 Å². The van der Waals surface area contributed by atoms with Gasteiger partial charge in [0.2, 0.25) is 0 Å². The number of rotatable bonds is 3. The Morgan fingerprint density at radius 2 is 1.79 bits per heavy atom. The number of halogens is 2. The first kappa shape index (κ1) is 19.3. The van der Waals surface area contributed by atoms with E-state index in [2.05, 4.69) is 5.32 Å². The van der Waals surface area contributed by atoms with Crippen LogP contribution in [0.2, 0.25) is 10.0 Å². The van der Waals surface area contributed by atoms with Crippen LogP contribution in [0.3, 0.4) is 0 Å². The number of hydrogen-bond acceptors (Lipinski definition) is 3. The van der Waals surface area contributed by atoms with Crippen LogP contribution in [0.25, 0.3) is 16.7 Å². The molecule has 1 aliphatic carbocycles. The number of amides is 1. The third-order valence-corrected chi connectivity index (χ3v) is 6.52. The van der Waals surface area contributed by atoms with Gasteiger partial charge in [0.05, 0.1) is 27.3 Å². The lowest BCUT2D eigenvalue weighted by Gasteiger charge is -2.36. The van der Waals surface area contributed by atoms with Crippen molar-refractivity contribution in [3.8, 4) is 11.1 Å². The summed E-state index contributed by atoms with van der Waals surface area (Å²) in [6.07, 6.45) is 2.90. The van der Waals surface area contributed by atoms with E-state index in [0.717, 1.165) is 24.0 Å². The molecule has 0 unspecified atom stereocenters. The molecular weight excluding hydrogens is 397 g/mol. The first-order valence-electron chi connectivity index (χ1n) is 9.29. The van der Waals surface area contributed by atoms with Gasteiger partial charge in [-0.25, -0.2) is 0 Å². The second kappa shape index (κ2) is 7.43. The number of ether oxygens (including phenoxy) is 1. The van der Waals surface area contributed by atoms with Crippen molar-refractivity contribution in [1.82, 2.24) is 5.32 Å². The summed E-state index contributed by atoms with van der Waals surface area (Å²) in [5.74, 6) is -0.316. The van der Waals surface area contributed by atoms with Crippen molar-refractivity contribution in [2.45, 2.75) is 37.3 Å². The van der Waals surface area contributed by atoms with Gasteiger partial charge in [-0.05, 0) is 37.3 Å². The van der Waals surface area contributed by atoms with E-state index in [4.69, 9.17) is 27.9 Å². The Morgan fingerprint density at radius 1 is 1.11 bits per heavy atom. The first-order valence-corrected chi connectivity index (χ1v) is 10.1. The molecule has 1 saturated carbocycles. The number of hydrogen-bond donors (Lipinski definition) is 2. The Kier molecular flexibility index (Phi) is 5.13. The van der Waals surface area contributed by atoms with Gasteiger partial charge in [-0.2, -0.15) is 0 Å².